The van der Waals surface area contributed by atoms with Crippen LogP contribution in [0.1, 0.15) is 12.5 Å². The van der Waals surface area contributed by atoms with Crippen molar-refractivity contribution in [2.45, 2.75) is 19.2 Å². The van der Waals surface area contributed by atoms with E-state index in [0.29, 0.717) is 18.1 Å². The van der Waals surface area contributed by atoms with Crippen LogP contribution in [0, 0.1) is 6.92 Å². The number of rotatable bonds is 4. The first-order chi connectivity index (χ1) is 9.45. The van der Waals surface area contributed by atoms with E-state index in [4.69, 9.17) is 0 Å². The summed E-state index contributed by atoms with van der Waals surface area (Å²) in [5.41, 5.74) is 0.898. The van der Waals surface area contributed by atoms with E-state index in [0.717, 1.165) is 23.7 Å². The van der Waals surface area contributed by atoms with Crippen LogP contribution < -0.4 is 10.2 Å². The van der Waals surface area contributed by atoms with Gasteiger partial charge in [-0.25, -0.2) is 18.4 Å². The molecule has 8 heteroatoms. The first kappa shape index (κ1) is 15.4. The number of sulfone groups is 1. The summed E-state index contributed by atoms with van der Waals surface area (Å²) >= 11 is 1.67. The van der Waals surface area contributed by atoms with Crippen molar-refractivity contribution in [3.8, 4) is 0 Å². The van der Waals surface area contributed by atoms with Gasteiger partial charge in [-0.1, -0.05) is 0 Å². The number of nitrogens with zero attached hydrogens (tertiary/aromatic N) is 3. The minimum absolute atomic E-state index is 0.510. The van der Waals surface area contributed by atoms with Gasteiger partial charge in [-0.15, -0.1) is 0 Å². The van der Waals surface area contributed by atoms with E-state index in [1.165, 1.54) is 12.6 Å². The van der Waals surface area contributed by atoms with Crippen LogP contribution in [0.15, 0.2) is 6.33 Å². The molecule has 1 aromatic heterocycles. The molecule has 0 bridgehead atoms. The van der Waals surface area contributed by atoms with Crippen LogP contribution in [-0.2, 0) is 9.84 Å². The lowest BCUT2D eigenvalue weighted by atomic mass is 10.2. The molecule has 1 aliphatic heterocycles. The third-order valence-corrected chi connectivity index (χ3v) is 5.90. The lowest BCUT2D eigenvalue weighted by molar-refractivity contribution is 0.583. The largest absolute Gasteiger partial charge is 0.370 e. The molecule has 0 radical (unpaired) electrons. The standard InChI is InChI=1S/C12H20N4O2S2/c1-4-13-11-9(2)12(15-8-14-11)16-5-6-19-7-10(16)20(3,17)18/h8,10H,4-7H2,1-3H3,(H,13,14,15). The van der Waals surface area contributed by atoms with Crippen LogP contribution in [0.3, 0.4) is 0 Å². The fourth-order valence-electron chi connectivity index (χ4n) is 2.25. The molecule has 2 rings (SSSR count). The Morgan fingerprint density at radius 1 is 1.50 bits per heavy atom. The summed E-state index contributed by atoms with van der Waals surface area (Å²) in [7, 11) is -3.14. The quantitative estimate of drug-likeness (QED) is 0.892. The Hall–Kier alpha value is -1.02. The molecule has 0 saturated carbocycles. The zero-order chi connectivity index (χ0) is 14.8. The van der Waals surface area contributed by atoms with Crippen LogP contribution in [-0.4, -0.2) is 54.6 Å². The summed E-state index contributed by atoms with van der Waals surface area (Å²) < 4.78 is 24.0. The Balaban J connectivity index is 2.40. The van der Waals surface area contributed by atoms with Crippen LogP contribution in [0.25, 0.3) is 0 Å². The van der Waals surface area contributed by atoms with Gasteiger partial charge in [0.2, 0.25) is 0 Å². The highest BCUT2D eigenvalue weighted by atomic mass is 32.2. The van der Waals surface area contributed by atoms with Gasteiger partial charge in [0.25, 0.3) is 0 Å². The van der Waals surface area contributed by atoms with E-state index in [1.807, 2.05) is 18.7 Å². The minimum atomic E-state index is -3.14. The zero-order valence-electron chi connectivity index (χ0n) is 12.0. The molecule has 2 heterocycles. The molecule has 6 nitrogen and oxygen atoms in total. The van der Waals surface area contributed by atoms with E-state index >= 15 is 0 Å². The van der Waals surface area contributed by atoms with Crippen molar-refractivity contribution in [1.82, 2.24) is 9.97 Å². The Bertz CT molecular complexity index is 577. The number of nitrogens with one attached hydrogen (secondary N) is 1. The normalized spacial score (nSPS) is 19.9. The SMILES string of the molecule is CCNc1ncnc(N2CCSCC2S(C)(=O)=O)c1C. The lowest BCUT2D eigenvalue weighted by Gasteiger charge is -2.35. The molecule has 1 aliphatic rings. The van der Waals surface area contributed by atoms with Gasteiger partial charge in [0.1, 0.15) is 23.3 Å². The molecule has 1 unspecified atom stereocenters. The first-order valence-corrected chi connectivity index (χ1v) is 9.64. The van der Waals surface area contributed by atoms with Gasteiger partial charge in [0, 0.05) is 36.4 Å². The highest BCUT2D eigenvalue weighted by molar-refractivity contribution is 8.01. The molecule has 1 atom stereocenters. The molecule has 0 spiro atoms. The van der Waals surface area contributed by atoms with Gasteiger partial charge >= 0.3 is 0 Å². The minimum Gasteiger partial charge on any atom is -0.370 e. The predicted molar refractivity (Wildman–Crippen MR) is 84.2 cm³/mol. The van der Waals surface area contributed by atoms with Crippen LogP contribution in [0.2, 0.25) is 0 Å². The number of thioether (sulfide) groups is 1. The molecular formula is C12H20N4O2S2. The van der Waals surface area contributed by atoms with E-state index in [9.17, 15) is 8.42 Å². The second-order valence-electron chi connectivity index (χ2n) is 4.75. The smallest absolute Gasteiger partial charge is 0.169 e. The second-order valence-corrected chi connectivity index (χ2v) is 8.11. The molecule has 1 N–H and O–H groups in total. The molecule has 0 aliphatic carbocycles. The molecule has 0 aromatic carbocycles. The monoisotopic (exact) mass is 316 g/mol. The Kier molecular flexibility index (Phi) is 4.74. The topological polar surface area (TPSA) is 75.2 Å². The van der Waals surface area contributed by atoms with Crippen molar-refractivity contribution in [3.63, 3.8) is 0 Å². The summed E-state index contributed by atoms with van der Waals surface area (Å²) in [5.74, 6) is 2.97. The molecule has 0 amide bonds. The van der Waals surface area contributed by atoms with Gasteiger partial charge in [0.05, 0.1) is 0 Å². The fraction of sp³-hybridized carbons (Fsp3) is 0.667. The van der Waals surface area contributed by atoms with Crippen molar-refractivity contribution in [2.24, 2.45) is 0 Å². The second kappa shape index (κ2) is 6.17. The third-order valence-electron chi connectivity index (χ3n) is 3.25. The number of hydrogen-bond donors (Lipinski definition) is 1. The summed E-state index contributed by atoms with van der Waals surface area (Å²) in [5, 5.41) is 2.67. The van der Waals surface area contributed by atoms with Crippen LogP contribution in [0.5, 0.6) is 0 Å². The van der Waals surface area contributed by atoms with E-state index in [2.05, 4.69) is 15.3 Å². The van der Waals surface area contributed by atoms with E-state index in [1.54, 1.807) is 11.8 Å². The molecule has 1 fully saturated rings. The molecule has 112 valence electrons. The van der Waals surface area contributed by atoms with Crippen molar-refractivity contribution in [2.75, 3.05) is 41.1 Å². The van der Waals surface area contributed by atoms with Gasteiger partial charge in [-0.3, -0.25) is 0 Å². The Morgan fingerprint density at radius 3 is 2.90 bits per heavy atom. The maximum Gasteiger partial charge on any atom is 0.169 e. The predicted octanol–water partition coefficient (Wildman–Crippen LogP) is 1.14. The highest BCUT2D eigenvalue weighted by Gasteiger charge is 2.33. The average molecular weight is 316 g/mol. The summed E-state index contributed by atoms with van der Waals surface area (Å²) in [6.45, 7) is 5.38. The van der Waals surface area contributed by atoms with Crippen LogP contribution >= 0.6 is 11.8 Å². The average Bonchev–Trinajstić information content (AvgIpc) is 2.40. The van der Waals surface area contributed by atoms with Crippen LogP contribution in [0.4, 0.5) is 11.6 Å². The van der Waals surface area contributed by atoms with Crippen molar-refractivity contribution < 1.29 is 8.42 Å². The Labute approximate surface area is 124 Å². The summed E-state index contributed by atoms with van der Waals surface area (Å²) in [6.07, 6.45) is 2.78. The molecule has 1 saturated heterocycles. The fourth-order valence-corrected chi connectivity index (χ4v) is 5.07. The third kappa shape index (κ3) is 3.17. The van der Waals surface area contributed by atoms with Gasteiger partial charge in [0.15, 0.2) is 9.84 Å². The number of aromatic nitrogens is 2. The molecule has 1 aromatic rings. The highest BCUT2D eigenvalue weighted by Crippen LogP contribution is 2.29. The lowest BCUT2D eigenvalue weighted by Crippen LogP contribution is -2.47. The number of anilines is 2. The van der Waals surface area contributed by atoms with Crippen molar-refractivity contribution in [1.29, 1.82) is 0 Å². The summed E-state index contributed by atoms with van der Waals surface area (Å²) in [6, 6.07) is 0. The molecular weight excluding hydrogens is 296 g/mol. The van der Waals surface area contributed by atoms with Gasteiger partial charge < -0.3 is 10.2 Å². The van der Waals surface area contributed by atoms with E-state index in [-0.39, 0.29) is 0 Å². The zero-order valence-corrected chi connectivity index (χ0v) is 13.6. The maximum absolute atomic E-state index is 12.0. The maximum atomic E-state index is 12.0. The number of hydrogen-bond acceptors (Lipinski definition) is 7. The van der Waals surface area contributed by atoms with Gasteiger partial charge in [-0.05, 0) is 13.8 Å². The van der Waals surface area contributed by atoms with Gasteiger partial charge in [-0.2, -0.15) is 11.8 Å². The van der Waals surface area contributed by atoms with Crippen molar-refractivity contribution >= 4 is 33.2 Å². The van der Waals surface area contributed by atoms with Crippen molar-refractivity contribution in [3.05, 3.63) is 11.9 Å². The first-order valence-electron chi connectivity index (χ1n) is 6.54. The summed E-state index contributed by atoms with van der Waals surface area (Å²) in [4.78, 5) is 10.4. The van der Waals surface area contributed by atoms with E-state index < -0.39 is 15.2 Å². The molecule has 20 heavy (non-hydrogen) atoms. The Morgan fingerprint density at radius 2 is 2.25 bits per heavy atom.